The summed E-state index contributed by atoms with van der Waals surface area (Å²) < 4.78 is 27.0. The summed E-state index contributed by atoms with van der Waals surface area (Å²) in [4.78, 5) is 39.5. The lowest BCUT2D eigenvalue weighted by Gasteiger charge is -2.33. The molecule has 1 spiro atoms. The molecule has 0 unspecified atom stereocenters. The molecule has 3 fully saturated rings. The summed E-state index contributed by atoms with van der Waals surface area (Å²) in [6.45, 7) is 1.08. The van der Waals surface area contributed by atoms with Crippen LogP contribution in [0, 0.1) is 0 Å². The summed E-state index contributed by atoms with van der Waals surface area (Å²) in [6.07, 6.45) is 3.89. The Kier molecular flexibility index (Phi) is 6.44. The summed E-state index contributed by atoms with van der Waals surface area (Å²) in [5.74, 6) is -0.902. The lowest BCUT2D eigenvalue weighted by Crippen LogP contribution is -2.54. The third-order valence-corrected chi connectivity index (χ3v) is 8.37. The number of halogens is 1. The van der Waals surface area contributed by atoms with E-state index in [4.69, 9.17) is 11.6 Å². The minimum Gasteiger partial charge on any atom is -0.322 e. The molecular formula is C20H26ClN5O5S. The minimum atomic E-state index is -3.67. The molecule has 4 rings (SSSR count). The highest BCUT2D eigenvalue weighted by Crippen LogP contribution is 2.33. The van der Waals surface area contributed by atoms with Crippen LogP contribution in [0.25, 0.3) is 0 Å². The third-order valence-electron chi connectivity index (χ3n) is 6.24. The molecule has 3 aliphatic rings. The number of carbonyl (C=O) groups excluding carboxylic acids is 3. The molecule has 1 aromatic carbocycles. The van der Waals surface area contributed by atoms with Gasteiger partial charge in [-0.05, 0) is 31.0 Å². The van der Waals surface area contributed by atoms with Crippen molar-refractivity contribution in [1.82, 2.24) is 25.0 Å². The molecule has 1 aromatic rings. The number of imide groups is 1. The Morgan fingerprint density at radius 3 is 2.44 bits per heavy atom. The number of benzene rings is 1. The molecule has 0 bridgehead atoms. The number of urea groups is 1. The molecule has 174 valence electrons. The van der Waals surface area contributed by atoms with Gasteiger partial charge < -0.3 is 5.32 Å². The quantitative estimate of drug-likeness (QED) is 0.601. The van der Waals surface area contributed by atoms with Crippen LogP contribution < -0.4 is 10.7 Å². The van der Waals surface area contributed by atoms with Crippen LogP contribution in [0.5, 0.6) is 0 Å². The van der Waals surface area contributed by atoms with Crippen LogP contribution in [0.3, 0.4) is 0 Å². The number of hydrazine groups is 1. The molecule has 4 amide bonds. The molecule has 0 aromatic heterocycles. The van der Waals surface area contributed by atoms with Crippen molar-refractivity contribution in [2.24, 2.45) is 0 Å². The highest BCUT2D eigenvalue weighted by molar-refractivity contribution is 7.89. The van der Waals surface area contributed by atoms with Gasteiger partial charge in [0.15, 0.2) is 0 Å². The Morgan fingerprint density at radius 1 is 1.09 bits per heavy atom. The van der Waals surface area contributed by atoms with Crippen LogP contribution in [0.2, 0.25) is 5.02 Å². The van der Waals surface area contributed by atoms with Gasteiger partial charge in [0.05, 0.1) is 11.4 Å². The Morgan fingerprint density at radius 2 is 1.78 bits per heavy atom. The van der Waals surface area contributed by atoms with E-state index in [0.29, 0.717) is 31.0 Å². The van der Waals surface area contributed by atoms with Crippen LogP contribution in [0.15, 0.2) is 29.2 Å². The van der Waals surface area contributed by atoms with Crippen LogP contribution in [-0.4, -0.2) is 78.7 Å². The highest BCUT2D eigenvalue weighted by atomic mass is 35.5. The number of hydrogen-bond donors (Lipinski definition) is 2. The van der Waals surface area contributed by atoms with Crippen molar-refractivity contribution >= 4 is 39.5 Å². The number of carbonyl (C=O) groups is 3. The standard InChI is InChI=1S/C20H26ClN5O5S/c21-15-5-4-6-16(13-15)32(30,31)25-11-9-24(10-12-25)14-17(27)23-26-18(28)20(22-19(26)29)7-2-1-3-8-20/h4-6,13H,1-3,7-12,14H2,(H,22,29)(H,23,27). The van der Waals surface area contributed by atoms with Crippen molar-refractivity contribution in [1.29, 1.82) is 0 Å². The molecule has 12 heteroatoms. The summed E-state index contributed by atoms with van der Waals surface area (Å²) in [6, 6.07) is 5.50. The van der Waals surface area contributed by atoms with Gasteiger partial charge in [-0.3, -0.25) is 19.9 Å². The zero-order chi connectivity index (χ0) is 22.9. The van der Waals surface area contributed by atoms with Crippen molar-refractivity contribution in [2.75, 3.05) is 32.7 Å². The first-order chi connectivity index (χ1) is 15.2. The summed E-state index contributed by atoms with van der Waals surface area (Å²) in [7, 11) is -3.67. The van der Waals surface area contributed by atoms with E-state index in [-0.39, 0.29) is 24.5 Å². The second-order valence-electron chi connectivity index (χ2n) is 8.39. The average molecular weight is 484 g/mol. The molecule has 32 heavy (non-hydrogen) atoms. The van der Waals surface area contributed by atoms with Crippen molar-refractivity contribution in [2.45, 2.75) is 42.5 Å². The minimum absolute atomic E-state index is 0.0465. The van der Waals surface area contributed by atoms with Crippen LogP contribution in [-0.2, 0) is 19.6 Å². The van der Waals surface area contributed by atoms with Gasteiger partial charge in [0, 0.05) is 31.2 Å². The lowest BCUT2D eigenvalue weighted by atomic mass is 9.82. The normalized spacial score (nSPS) is 22.2. The van der Waals surface area contributed by atoms with Gasteiger partial charge in [-0.1, -0.05) is 36.9 Å². The average Bonchev–Trinajstić information content (AvgIpc) is 2.98. The first kappa shape index (κ1) is 23.0. The highest BCUT2D eigenvalue weighted by Gasteiger charge is 2.52. The topological polar surface area (TPSA) is 119 Å². The molecule has 0 radical (unpaired) electrons. The van der Waals surface area contributed by atoms with Crippen LogP contribution >= 0.6 is 11.6 Å². The fourth-order valence-corrected chi connectivity index (χ4v) is 6.21. The predicted octanol–water partition coefficient (Wildman–Crippen LogP) is 0.932. The van der Waals surface area contributed by atoms with E-state index in [9.17, 15) is 22.8 Å². The van der Waals surface area contributed by atoms with Gasteiger partial charge in [0.1, 0.15) is 5.54 Å². The second kappa shape index (κ2) is 8.97. The Bertz CT molecular complexity index is 1020. The van der Waals surface area contributed by atoms with Gasteiger partial charge in [-0.25, -0.2) is 13.2 Å². The number of nitrogens with one attached hydrogen (secondary N) is 2. The number of sulfonamides is 1. The number of piperazine rings is 1. The van der Waals surface area contributed by atoms with E-state index < -0.39 is 33.4 Å². The van der Waals surface area contributed by atoms with E-state index in [1.54, 1.807) is 17.0 Å². The first-order valence-electron chi connectivity index (χ1n) is 10.7. The maximum atomic E-state index is 12.8. The van der Waals surface area contributed by atoms with E-state index in [1.807, 2.05) is 0 Å². The van der Waals surface area contributed by atoms with Crippen molar-refractivity contribution in [3.63, 3.8) is 0 Å². The van der Waals surface area contributed by atoms with Crippen LogP contribution in [0.1, 0.15) is 32.1 Å². The molecule has 2 aliphatic heterocycles. The molecule has 2 N–H and O–H groups in total. The van der Waals surface area contributed by atoms with Gasteiger partial charge in [0.25, 0.3) is 11.8 Å². The molecule has 2 saturated heterocycles. The number of rotatable bonds is 5. The van der Waals surface area contributed by atoms with Crippen LogP contribution in [0.4, 0.5) is 4.79 Å². The Hall–Kier alpha value is -2.21. The predicted molar refractivity (Wildman–Crippen MR) is 116 cm³/mol. The summed E-state index contributed by atoms with van der Waals surface area (Å²) in [5.41, 5.74) is 1.52. The molecule has 1 aliphatic carbocycles. The number of amides is 4. The fraction of sp³-hybridized carbons (Fsp3) is 0.550. The largest absolute Gasteiger partial charge is 0.344 e. The van der Waals surface area contributed by atoms with E-state index in [0.717, 1.165) is 24.3 Å². The van der Waals surface area contributed by atoms with E-state index in [2.05, 4.69) is 10.7 Å². The Balaban J connectivity index is 1.30. The number of hydrogen-bond acceptors (Lipinski definition) is 6. The molecule has 2 heterocycles. The lowest BCUT2D eigenvalue weighted by molar-refractivity contribution is -0.140. The second-order valence-corrected chi connectivity index (χ2v) is 10.8. The number of nitrogens with zero attached hydrogens (tertiary/aromatic N) is 3. The smallest absolute Gasteiger partial charge is 0.322 e. The molecule has 0 atom stereocenters. The zero-order valence-corrected chi connectivity index (χ0v) is 19.1. The van der Waals surface area contributed by atoms with E-state index in [1.165, 1.54) is 16.4 Å². The van der Waals surface area contributed by atoms with Gasteiger partial charge in [0.2, 0.25) is 10.0 Å². The Labute approximate surface area is 191 Å². The SMILES string of the molecule is O=C(CN1CCN(S(=O)(=O)c2cccc(Cl)c2)CC1)NN1C(=O)NC2(CCCCC2)C1=O. The van der Waals surface area contributed by atoms with Crippen molar-refractivity contribution in [3.05, 3.63) is 29.3 Å². The maximum absolute atomic E-state index is 12.8. The maximum Gasteiger partial charge on any atom is 0.344 e. The zero-order valence-electron chi connectivity index (χ0n) is 17.5. The third kappa shape index (κ3) is 4.47. The van der Waals surface area contributed by atoms with Gasteiger partial charge >= 0.3 is 6.03 Å². The summed E-state index contributed by atoms with van der Waals surface area (Å²) >= 11 is 5.92. The van der Waals surface area contributed by atoms with Crippen molar-refractivity contribution < 1.29 is 22.8 Å². The van der Waals surface area contributed by atoms with E-state index >= 15 is 0 Å². The molecular weight excluding hydrogens is 458 g/mol. The first-order valence-corrected chi connectivity index (χ1v) is 12.5. The van der Waals surface area contributed by atoms with Crippen molar-refractivity contribution in [3.8, 4) is 0 Å². The monoisotopic (exact) mass is 483 g/mol. The fourth-order valence-electron chi connectivity index (χ4n) is 4.48. The molecule has 10 nitrogen and oxygen atoms in total. The molecule has 1 saturated carbocycles. The van der Waals surface area contributed by atoms with Gasteiger partial charge in [-0.15, -0.1) is 0 Å². The summed E-state index contributed by atoms with van der Waals surface area (Å²) in [5, 5.41) is 3.88. The van der Waals surface area contributed by atoms with Gasteiger partial charge in [-0.2, -0.15) is 9.31 Å².